The molecular weight excluding hydrogens is 495 g/mol. The number of aryl methyl sites for hydroxylation is 1. The van der Waals surface area contributed by atoms with Crippen LogP contribution in [-0.2, 0) is 29.7 Å². The molecule has 9 heteroatoms. The van der Waals surface area contributed by atoms with Crippen molar-refractivity contribution in [3.05, 3.63) is 47.8 Å². The number of anilines is 1. The molecule has 2 heterocycles. The van der Waals surface area contributed by atoms with Crippen LogP contribution in [0.15, 0.2) is 41.7 Å². The van der Waals surface area contributed by atoms with E-state index in [1.165, 1.54) is 11.1 Å². The van der Waals surface area contributed by atoms with Crippen LogP contribution in [0, 0.1) is 0 Å². The van der Waals surface area contributed by atoms with Crippen LogP contribution in [-0.4, -0.2) is 59.8 Å². The largest absolute Gasteiger partial charge is 0.377 e. The normalized spacial score (nSPS) is 14.6. The smallest absolute Gasteiger partial charge is 0.246 e. The zero-order chi connectivity index (χ0) is 20.6. The van der Waals surface area contributed by atoms with E-state index in [4.69, 9.17) is 4.74 Å². The standard InChI is InChI=1S/C21H30N6O2.HI/c1-4-11-29-16-18-8-6-5-7-17(18)12-23-21(22-2)26-9-10-27(20(28)15-26)19-13-24-25(3)14-19;/h5-8,13-14H,4,9-12,15-16H2,1-3H3,(H,22,23);1H. The fraction of sp³-hybridized carbons (Fsp3) is 0.476. The molecule has 1 fully saturated rings. The average molecular weight is 526 g/mol. The topological polar surface area (TPSA) is 75.0 Å². The molecule has 3 rings (SSSR count). The summed E-state index contributed by atoms with van der Waals surface area (Å²) in [6.45, 7) is 5.70. The van der Waals surface area contributed by atoms with Crippen LogP contribution in [0.1, 0.15) is 24.5 Å². The van der Waals surface area contributed by atoms with Crippen molar-refractivity contribution >= 4 is 41.5 Å². The molecule has 0 saturated carbocycles. The van der Waals surface area contributed by atoms with Crippen LogP contribution in [0.5, 0.6) is 0 Å². The number of benzene rings is 1. The molecule has 0 aliphatic carbocycles. The van der Waals surface area contributed by atoms with E-state index in [9.17, 15) is 4.79 Å². The molecule has 1 amide bonds. The molecule has 0 spiro atoms. The van der Waals surface area contributed by atoms with Gasteiger partial charge in [-0.3, -0.25) is 14.5 Å². The van der Waals surface area contributed by atoms with Gasteiger partial charge in [-0.2, -0.15) is 5.10 Å². The fourth-order valence-corrected chi connectivity index (χ4v) is 3.38. The summed E-state index contributed by atoms with van der Waals surface area (Å²) in [5, 5.41) is 7.56. The zero-order valence-corrected chi connectivity index (χ0v) is 20.2. The predicted molar refractivity (Wildman–Crippen MR) is 129 cm³/mol. The van der Waals surface area contributed by atoms with Crippen molar-refractivity contribution in [3.8, 4) is 0 Å². The van der Waals surface area contributed by atoms with Gasteiger partial charge in [0.2, 0.25) is 5.91 Å². The van der Waals surface area contributed by atoms with Gasteiger partial charge >= 0.3 is 0 Å². The van der Waals surface area contributed by atoms with Gasteiger partial charge in [-0.05, 0) is 17.5 Å². The minimum Gasteiger partial charge on any atom is -0.377 e. The van der Waals surface area contributed by atoms with Crippen molar-refractivity contribution in [3.63, 3.8) is 0 Å². The first kappa shape index (κ1) is 24.1. The molecule has 1 aromatic carbocycles. The van der Waals surface area contributed by atoms with Crippen LogP contribution in [0.4, 0.5) is 5.69 Å². The maximum Gasteiger partial charge on any atom is 0.246 e. The van der Waals surface area contributed by atoms with E-state index >= 15 is 0 Å². The lowest BCUT2D eigenvalue weighted by atomic mass is 10.1. The summed E-state index contributed by atoms with van der Waals surface area (Å²) in [6.07, 6.45) is 4.59. The lowest BCUT2D eigenvalue weighted by Gasteiger charge is -2.35. The fourth-order valence-electron chi connectivity index (χ4n) is 3.38. The van der Waals surface area contributed by atoms with Gasteiger partial charge in [0.05, 0.1) is 18.5 Å². The van der Waals surface area contributed by atoms with Crippen LogP contribution in [0.2, 0.25) is 0 Å². The molecule has 1 aliphatic heterocycles. The number of amides is 1. The first-order valence-corrected chi connectivity index (χ1v) is 10.0. The number of piperazine rings is 1. The first-order chi connectivity index (χ1) is 14.1. The summed E-state index contributed by atoms with van der Waals surface area (Å²) in [7, 11) is 3.59. The maximum absolute atomic E-state index is 12.7. The molecule has 0 radical (unpaired) electrons. The van der Waals surface area contributed by atoms with Gasteiger partial charge in [-0.25, -0.2) is 0 Å². The number of nitrogens with one attached hydrogen (secondary N) is 1. The Morgan fingerprint density at radius 1 is 1.27 bits per heavy atom. The first-order valence-electron chi connectivity index (χ1n) is 10.0. The average Bonchev–Trinajstić information content (AvgIpc) is 3.15. The Kier molecular flexibility index (Phi) is 9.57. The highest BCUT2D eigenvalue weighted by Crippen LogP contribution is 2.16. The predicted octanol–water partition coefficient (Wildman–Crippen LogP) is 2.39. The molecule has 0 atom stereocenters. The quantitative estimate of drug-likeness (QED) is 0.260. The SMILES string of the molecule is CCCOCc1ccccc1CNC(=NC)N1CCN(c2cnn(C)c2)C(=O)C1.I. The maximum atomic E-state index is 12.7. The van der Waals surface area contributed by atoms with E-state index in [-0.39, 0.29) is 36.4 Å². The second-order valence-electron chi connectivity index (χ2n) is 7.06. The highest BCUT2D eigenvalue weighted by molar-refractivity contribution is 14.0. The Morgan fingerprint density at radius 2 is 2.03 bits per heavy atom. The summed E-state index contributed by atoms with van der Waals surface area (Å²) in [6, 6.07) is 8.24. The molecule has 30 heavy (non-hydrogen) atoms. The Bertz CT molecular complexity index is 854. The Labute approximate surface area is 195 Å². The number of aromatic nitrogens is 2. The van der Waals surface area contributed by atoms with Gasteiger partial charge in [0.1, 0.15) is 6.54 Å². The molecule has 164 valence electrons. The van der Waals surface area contributed by atoms with E-state index in [1.54, 1.807) is 22.8 Å². The minimum atomic E-state index is 0. The Hall–Kier alpha value is -2.14. The lowest BCUT2D eigenvalue weighted by Crippen LogP contribution is -2.55. The van der Waals surface area contributed by atoms with Gasteiger partial charge in [0, 0.05) is 46.5 Å². The molecule has 1 N–H and O–H groups in total. The highest BCUT2D eigenvalue weighted by Gasteiger charge is 2.27. The molecule has 0 unspecified atom stereocenters. The number of halogens is 1. The van der Waals surface area contributed by atoms with Crippen LogP contribution in [0.25, 0.3) is 0 Å². The number of rotatable bonds is 7. The second-order valence-corrected chi connectivity index (χ2v) is 7.06. The van der Waals surface area contributed by atoms with Crippen LogP contribution in [0.3, 0.4) is 0 Å². The van der Waals surface area contributed by atoms with E-state index in [1.807, 2.05) is 30.3 Å². The summed E-state index contributed by atoms with van der Waals surface area (Å²) < 4.78 is 7.41. The Morgan fingerprint density at radius 3 is 2.67 bits per heavy atom. The number of aliphatic imine (C=N–C) groups is 1. The molecule has 1 saturated heterocycles. The van der Waals surface area contributed by atoms with Gasteiger partial charge in [-0.15, -0.1) is 24.0 Å². The second kappa shape index (κ2) is 11.9. The summed E-state index contributed by atoms with van der Waals surface area (Å²) in [4.78, 5) is 20.8. The number of guanidine groups is 1. The number of carbonyl (C=O) groups excluding carboxylic acids is 1. The third-order valence-electron chi connectivity index (χ3n) is 4.90. The van der Waals surface area contributed by atoms with Crippen molar-refractivity contribution in [2.75, 3.05) is 38.2 Å². The van der Waals surface area contributed by atoms with Crippen LogP contribution >= 0.6 is 24.0 Å². The van der Waals surface area contributed by atoms with Gasteiger partial charge in [0.25, 0.3) is 0 Å². The molecule has 1 aliphatic rings. The monoisotopic (exact) mass is 526 g/mol. The van der Waals surface area contributed by atoms with Crippen molar-refractivity contribution in [2.45, 2.75) is 26.5 Å². The van der Waals surface area contributed by atoms with Gasteiger partial charge < -0.3 is 19.9 Å². The van der Waals surface area contributed by atoms with Crippen molar-refractivity contribution < 1.29 is 9.53 Å². The van der Waals surface area contributed by atoms with Gasteiger partial charge in [0.15, 0.2) is 5.96 Å². The summed E-state index contributed by atoms with van der Waals surface area (Å²) >= 11 is 0. The third kappa shape index (κ3) is 6.18. The molecule has 8 nitrogen and oxygen atoms in total. The number of hydrogen-bond donors (Lipinski definition) is 1. The van der Waals surface area contributed by atoms with E-state index in [0.29, 0.717) is 26.2 Å². The minimum absolute atomic E-state index is 0. The van der Waals surface area contributed by atoms with Crippen LogP contribution < -0.4 is 10.2 Å². The number of nitrogens with zero attached hydrogens (tertiary/aromatic N) is 5. The molecule has 1 aromatic heterocycles. The highest BCUT2D eigenvalue weighted by atomic mass is 127. The number of hydrogen-bond acceptors (Lipinski definition) is 4. The lowest BCUT2D eigenvalue weighted by molar-refractivity contribution is -0.120. The van der Waals surface area contributed by atoms with Gasteiger partial charge in [-0.1, -0.05) is 31.2 Å². The van der Waals surface area contributed by atoms with Crippen molar-refractivity contribution in [2.24, 2.45) is 12.0 Å². The van der Waals surface area contributed by atoms with E-state index in [0.717, 1.165) is 24.7 Å². The van der Waals surface area contributed by atoms with E-state index in [2.05, 4.69) is 34.5 Å². The summed E-state index contributed by atoms with van der Waals surface area (Å²) in [5.74, 6) is 0.772. The molecular formula is C21H31IN6O2. The van der Waals surface area contributed by atoms with E-state index < -0.39 is 0 Å². The van der Waals surface area contributed by atoms with Crippen molar-refractivity contribution in [1.29, 1.82) is 0 Å². The third-order valence-corrected chi connectivity index (χ3v) is 4.90. The Balaban J connectivity index is 0.00000320. The number of ether oxygens (including phenoxy) is 1. The molecule has 0 bridgehead atoms. The summed E-state index contributed by atoms with van der Waals surface area (Å²) in [5.41, 5.74) is 3.17. The number of carbonyl (C=O) groups is 1. The zero-order valence-electron chi connectivity index (χ0n) is 17.9. The molecule has 2 aromatic rings. The van der Waals surface area contributed by atoms with Crippen molar-refractivity contribution in [1.82, 2.24) is 20.0 Å².